The third-order valence-corrected chi connectivity index (χ3v) is 4.53. The Balaban J connectivity index is 1.86. The number of amides is 1. The number of carbonyl (C=O) groups is 1. The zero-order chi connectivity index (χ0) is 18.6. The zero-order valence-electron chi connectivity index (χ0n) is 14.4. The van der Waals surface area contributed by atoms with Gasteiger partial charge in [-0.3, -0.25) is 10.1 Å². The van der Waals surface area contributed by atoms with E-state index in [-0.39, 0.29) is 11.5 Å². The van der Waals surface area contributed by atoms with Crippen molar-refractivity contribution in [2.75, 3.05) is 12.4 Å². The second kappa shape index (κ2) is 7.43. The topological polar surface area (TPSA) is 76.7 Å². The van der Waals surface area contributed by atoms with E-state index in [0.29, 0.717) is 27.7 Å². The molecule has 0 spiro atoms. The average Bonchev–Trinajstić information content (AvgIpc) is 3.20. The van der Waals surface area contributed by atoms with E-state index in [0.717, 1.165) is 5.39 Å². The van der Waals surface area contributed by atoms with Gasteiger partial charge in [-0.05, 0) is 24.3 Å². The van der Waals surface area contributed by atoms with Gasteiger partial charge in [-0.2, -0.15) is 0 Å². The first kappa shape index (κ1) is 17.0. The number of fused-ring (bicyclic) bond motifs is 1. The molecule has 0 aliphatic rings. The predicted octanol–water partition coefficient (Wildman–Crippen LogP) is 4.38. The zero-order valence-corrected chi connectivity index (χ0v) is 15.2. The summed E-state index contributed by atoms with van der Waals surface area (Å²) in [4.78, 5) is 21.4. The van der Waals surface area contributed by atoms with Crippen molar-refractivity contribution in [2.45, 2.75) is 0 Å². The van der Waals surface area contributed by atoms with Crippen molar-refractivity contribution in [3.05, 3.63) is 77.3 Å². The van der Waals surface area contributed by atoms with Gasteiger partial charge in [0.1, 0.15) is 16.9 Å². The van der Waals surface area contributed by atoms with Crippen molar-refractivity contribution < 1.29 is 13.9 Å². The Bertz CT molecular complexity index is 1170. The van der Waals surface area contributed by atoms with Gasteiger partial charge in [0.25, 0.3) is 5.91 Å². The minimum atomic E-state index is -0.332. The summed E-state index contributed by atoms with van der Waals surface area (Å²) in [5.74, 6) is 0.340. The Labute approximate surface area is 158 Å². The number of nitrogens with one attached hydrogen (secondary N) is 1. The molecule has 0 unspecified atom stereocenters. The molecule has 2 aromatic heterocycles. The van der Waals surface area contributed by atoms with Crippen LogP contribution in [0.25, 0.3) is 11.0 Å². The third-order valence-electron chi connectivity index (χ3n) is 3.84. The Hall–Kier alpha value is -3.45. The normalized spacial score (nSPS) is 11.5. The van der Waals surface area contributed by atoms with Gasteiger partial charge in [0.15, 0.2) is 5.13 Å². The molecule has 7 heteroatoms. The Kier molecular flexibility index (Phi) is 4.67. The second-order valence-corrected chi connectivity index (χ2v) is 6.50. The van der Waals surface area contributed by atoms with Gasteiger partial charge < -0.3 is 9.15 Å². The van der Waals surface area contributed by atoms with Crippen molar-refractivity contribution >= 4 is 39.0 Å². The van der Waals surface area contributed by atoms with Gasteiger partial charge in [0.05, 0.1) is 12.8 Å². The molecule has 2 heterocycles. The van der Waals surface area contributed by atoms with Crippen LogP contribution in [0.1, 0.15) is 10.4 Å². The standard InChI is InChI=1S/C20H15N3O3S/c1-25-15-7-4-6-14(12-15)22-19-16(18(24)23-20-21-9-10-27-20)11-13-5-2-3-8-17(13)26-19/h2-12H,1H3,(H,21,23,24). The first-order valence-corrected chi connectivity index (χ1v) is 9.03. The van der Waals surface area contributed by atoms with Crippen LogP contribution < -0.4 is 15.6 Å². The fourth-order valence-corrected chi connectivity index (χ4v) is 3.09. The lowest BCUT2D eigenvalue weighted by molar-refractivity contribution is 0.102. The summed E-state index contributed by atoms with van der Waals surface area (Å²) in [6.45, 7) is 0. The van der Waals surface area contributed by atoms with Gasteiger partial charge in [-0.25, -0.2) is 9.98 Å². The molecule has 0 saturated heterocycles. The summed E-state index contributed by atoms with van der Waals surface area (Å²) in [5, 5.41) is 5.89. The maximum atomic E-state index is 12.8. The van der Waals surface area contributed by atoms with E-state index in [1.165, 1.54) is 11.3 Å². The molecule has 27 heavy (non-hydrogen) atoms. The van der Waals surface area contributed by atoms with Crippen LogP contribution in [0.4, 0.5) is 10.8 Å². The van der Waals surface area contributed by atoms with Crippen molar-refractivity contribution in [1.29, 1.82) is 0 Å². The summed E-state index contributed by atoms with van der Waals surface area (Å²) in [5.41, 5.74) is 1.81. The highest BCUT2D eigenvalue weighted by Crippen LogP contribution is 2.20. The summed E-state index contributed by atoms with van der Waals surface area (Å²) in [6, 6.07) is 16.5. The van der Waals surface area contributed by atoms with Crippen LogP contribution in [0.15, 0.2) is 75.6 Å². The average molecular weight is 377 g/mol. The molecule has 6 nitrogen and oxygen atoms in total. The number of para-hydroxylation sites is 1. The maximum Gasteiger partial charge on any atom is 0.262 e. The maximum absolute atomic E-state index is 12.8. The van der Waals surface area contributed by atoms with Gasteiger partial charge >= 0.3 is 0 Å². The second-order valence-electron chi connectivity index (χ2n) is 5.61. The van der Waals surface area contributed by atoms with E-state index in [9.17, 15) is 4.79 Å². The summed E-state index contributed by atoms with van der Waals surface area (Å²) in [6.07, 6.45) is 1.63. The summed E-state index contributed by atoms with van der Waals surface area (Å²) < 4.78 is 11.2. The lowest BCUT2D eigenvalue weighted by Gasteiger charge is -2.05. The Morgan fingerprint density at radius 1 is 1.19 bits per heavy atom. The van der Waals surface area contributed by atoms with Crippen LogP contribution in [-0.2, 0) is 0 Å². The number of rotatable bonds is 4. The summed E-state index contributed by atoms with van der Waals surface area (Å²) in [7, 11) is 1.59. The molecular formula is C20H15N3O3S. The quantitative estimate of drug-likeness (QED) is 0.572. The highest BCUT2D eigenvalue weighted by atomic mass is 32.1. The molecule has 1 amide bonds. The molecule has 0 radical (unpaired) electrons. The molecule has 0 fully saturated rings. The number of hydrogen-bond acceptors (Lipinski definition) is 6. The van der Waals surface area contributed by atoms with Gasteiger partial charge in [-0.15, -0.1) is 11.3 Å². The highest BCUT2D eigenvalue weighted by Gasteiger charge is 2.14. The number of benzene rings is 2. The van der Waals surface area contributed by atoms with Gasteiger partial charge in [0.2, 0.25) is 5.55 Å². The number of thiazole rings is 1. The molecule has 0 aliphatic heterocycles. The molecule has 2 aromatic carbocycles. The van der Waals surface area contributed by atoms with E-state index in [1.54, 1.807) is 30.8 Å². The van der Waals surface area contributed by atoms with E-state index in [4.69, 9.17) is 9.15 Å². The number of anilines is 1. The Morgan fingerprint density at radius 3 is 2.89 bits per heavy atom. The van der Waals surface area contributed by atoms with Crippen LogP contribution in [0, 0.1) is 0 Å². The largest absolute Gasteiger partial charge is 0.497 e. The molecule has 0 bridgehead atoms. The van der Waals surface area contributed by atoms with E-state index in [2.05, 4.69) is 15.3 Å². The minimum absolute atomic E-state index is 0.219. The molecule has 0 aliphatic carbocycles. The molecule has 0 saturated carbocycles. The number of aromatic nitrogens is 1. The molecule has 4 aromatic rings. The van der Waals surface area contributed by atoms with Crippen LogP contribution in [0.3, 0.4) is 0 Å². The SMILES string of the molecule is COc1cccc(N=c2oc3ccccc3cc2C(=O)Nc2nccs2)c1. The van der Waals surface area contributed by atoms with Crippen molar-refractivity contribution in [1.82, 2.24) is 4.98 Å². The highest BCUT2D eigenvalue weighted by molar-refractivity contribution is 7.13. The minimum Gasteiger partial charge on any atom is -0.497 e. The first-order valence-electron chi connectivity index (χ1n) is 8.15. The third kappa shape index (κ3) is 3.73. The smallest absolute Gasteiger partial charge is 0.262 e. The monoisotopic (exact) mass is 377 g/mol. The van der Waals surface area contributed by atoms with Crippen molar-refractivity contribution in [3.8, 4) is 5.75 Å². The number of hydrogen-bond donors (Lipinski definition) is 1. The van der Waals surface area contributed by atoms with Crippen molar-refractivity contribution in [2.24, 2.45) is 4.99 Å². The van der Waals surface area contributed by atoms with Crippen LogP contribution in [0.2, 0.25) is 0 Å². The van der Waals surface area contributed by atoms with E-state index < -0.39 is 0 Å². The molecule has 1 N–H and O–H groups in total. The molecular weight excluding hydrogens is 362 g/mol. The molecule has 134 valence electrons. The van der Waals surface area contributed by atoms with E-state index >= 15 is 0 Å². The lowest BCUT2D eigenvalue weighted by atomic mass is 10.2. The fraction of sp³-hybridized carbons (Fsp3) is 0.0500. The Morgan fingerprint density at radius 2 is 2.07 bits per heavy atom. The first-order chi connectivity index (χ1) is 13.2. The van der Waals surface area contributed by atoms with Crippen molar-refractivity contribution in [3.63, 3.8) is 0 Å². The molecule has 0 atom stereocenters. The van der Waals surface area contributed by atoms with Crippen LogP contribution in [-0.4, -0.2) is 18.0 Å². The van der Waals surface area contributed by atoms with Crippen LogP contribution in [0.5, 0.6) is 5.75 Å². The lowest BCUT2D eigenvalue weighted by Crippen LogP contribution is -2.21. The van der Waals surface area contributed by atoms with Gasteiger partial charge in [-0.1, -0.05) is 24.3 Å². The van der Waals surface area contributed by atoms with Crippen LogP contribution >= 0.6 is 11.3 Å². The van der Waals surface area contributed by atoms with E-state index in [1.807, 2.05) is 42.5 Å². The fourth-order valence-electron chi connectivity index (χ4n) is 2.56. The number of methoxy groups -OCH3 is 1. The number of ether oxygens (including phenoxy) is 1. The van der Waals surface area contributed by atoms with Gasteiger partial charge in [0, 0.05) is 23.0 Å². The number of carbonyl (C=O) groups excluding carboxylic acids is 1. The predicted molar refractivity (Wildman–Crippen MR) is 104 cm³/mol. The summed E-state index contributed by atoms with van der Waals surface area (Å²) >= 11 is 1.34. The number of nitrogens with zero attached hydrogens (tertiary/aromatic N) is 2. The molecule has 4 rings (SSSR count).